The van der Waals surface area contributed by atoms with Crippen LogP contribution in [0.25, 0.3) is 11.0 Å². The molecule has 34 heavy (non-hydrogen) atoms. The molecule has 2 aromatic carbocycles. The van der Waals surface area contributed by atoms with E-state index in [1.165, 1.54) is 6.07 Å². The molecule has 1 amide bonds. The fourth-order valence-electron chi connectivity index (χ4n) is 5.11. The molecule has 3 heterocycles. The van der Waals surface area contributed by atoms with Crippen LogP contribution in [0.2, 0.25) is 5.02 Å². The molecule has 8 heteroatoms. The zero-order valence-electron chi connectivity index (χ0n) is 19.3. The maximum atomic E-state index is 13.9. The number of carbonyl (C=O) groups excluding carboxylic acids is 1. The topological polar surface area (TPSA) is 64.3 Å². The van der Waals surface area contributed by atoms with Gasteiger partial charge in [0.25, 0.3) is 0 Å². The fourth-order valence-corrected chi connectivity index (χ4v) is 5.28. The van der Waals surface area contributed by atoms with Crippen molar-refractivity contribution >= 4 is 34.5 Å². The van der Waals surface area contributed by atoms with Crippen molar-refractivity contribution < 1.29 is 9.18 Å². The molecule has 6 nitrogen and oxygen atoms in total. The predicted octanol–water partition coefficient (Wildman–Crippen LogP) is 4.60. The molecule has 2 saturated heterocycles. The first kappa shape index (κ1) is 23.1. The van der Waals surface area contributed by atoms with E-state index in [1.807, 2.05) is 30.3 Å². The summed E-state index contributed by atoms with van der Waals surface area (Å²) in [7, 11) is 0. The van der Waals surface area contributed by atoms with Gasteiger partial charge in [-0.05, 0) is 69.0 Å². The van der Waals surface area contributed by atoms with E-state index in [0.29, 0.717) is 30.6 Å². The van der Waals surface area contributed by atoms with Gasteiger partial charge in [0.2, 0.25) is 11.9 Å². The number of carbonyl (C=O) groups is 1. The van der Waals surface area contributed by atoms with E-state index in [9.17, 15) is 9.18 Å². The summed E-state index contributed by atoms with van der Waals surface area (Å²) < 4.78 is 13.9. The van der Waals surface area contributed by atoms with Crippen molar-refractivity contribution in [3.05, 3.63) is 58.9 Å². The maximum absolute atomic E-state index is 13.9. The average molecular weight is 484 g/mol. The van der Waals surface area contributed by atoms with Crippen LogP contribution in [0.4, 0.5) is 10.3 Å². The lowest BCUT2D eigenvalue weighted by Gasteiger charge is -2.34. The average Bonchev–Trinajstić information content (AvgIpc) is 3.28. The Labute approximate surface area is 204 Å². The summed E-state index contributed by atoms with van der Waals surface area (Å²) >= 11 is 6.10. The lowest BCUT2D eigenvalue weighted by molar-refractivity contribution is -0.125. The highest BCUT2D eigenvalue weighted by atomic mass is 35.5. The van der Waals surface area contributed by atoms with Gasteiger partial charge in [0.15, 0.2) is 0 Å². The number of anilines is 1. The zero-order chi connectivity index (χ0) is 23.5. The van der Waals surface area contributed by atoms with Crippen molar-refractivity contribution in [2.24, 2.45) is 11.8 Å². The number of nitrogens with zero attached hydrogens (tertiary/aromatic N) is 3. The number of imidazole rings is 1. The minimum absolute atomic E-state index is 0.0355. The summed E-state index contributed by atoms with van der Waals surface area (Å²) in [4.78, 5) is 25.4. The van der Waals surface area contributed by atoms with Crippen molar-refractivity contribution in [2.45, 2.75) is 32.2 Å². The lowest BCUT2D eigenvalue weighted by Crippen LogP contribution is -2.45. The van der Waals surface area contributed by atoms with Crippen LogP contribution in [-0.4, -0.2) is 53.5 Å². The number of fused-ring (bicyclic) bond motifs is 1. The van der Waals surface area contributed by atoms with Crippen molar-refractivity contribution in [3.63, 3.8) is 0 Å². The number of likely N-dealkylation sites (tertiary alicyclic amines) is 1. The van der Waals surface area contributed by atoms with Gasteiger partial charge >= 0.3 is 0 Å². The minimum Gasteiger partial charge on any atom is -0.356 e. The third-order valence-corrected chi connectivity index (χ3v) is 7.38. The van der Waals surface area contributed by atoms with Gasteiger partial charge in [-0.15, -0.1) is 0 Å². The second-order valence-electron chi connectivity index (χ2n) is 9.56. The van der Waals surface area contributed by atoms with Crippen molar-refractivity contribution in [3.8, 4) is 0 Å². The molecule has 2 N–H and O–H groups in total. The van der Waals surface area contributed by atoms with Gasteiger partial charge in [-0.1, -0.05) is 29.8 Å². The first-order chi connectivity index (χ1) is 16.5. The predicted molar refractivity (Wildman–Crippen MR) is 133 cm³/mol. The van der Waals surface area contributed by atoms with Crippen LogP contribution in [0, 0.1) is 17.7 Å². The summed E-state index contributed by atoms with van der Waals surface area (Å²) in [5.74, 6) is 1.24. The Morgan fingerprint density at radius 3 is 2.79 bits per heavy atom. The Morgan fingerprint density at radius 1 is 1.15 bits per heavy atom. The van der Waals surface area contributed by atoms with Crippen LogP contribution in [0.1, 0.15) is 31.2 Å². The number of aromatic nitrogens is 2. The Kier molecular flexibility index (Phi) is 7.02. The highest BCUT2D eigenvalue weighted by molar-refractivity contribution is 6.31. The molecule has 180 valence electrons. The summed E-state index contributed by atoms with van der Waals surface area (Å²) in [6.45, 7) is 4.78. The van der Waals surface area contributed by atoms with Crippen molar-refractivity contribution in [2.75, 3.05) is 37.6 Å². The second kappa shape index (κ2) is 10.3. The van der Waals surface area contributed by atoms with Crippen LogP contribution < -0.4 is 10.2 Å². The Bertz CT molecular complexity index is 1140. The molecule has 0 radical (unpaired) electrons. The molecule has 5 rings (SSSR count). The van der Waals surface area contributed by atoms with Crippen LogP contribution in [0.5, 0.6) is 0 Å². The monoisotopic (exact) mass is 483 g/mol. The van der Waals surface area contributed by atoms with E-state index in [4.69, 9.17) is 11.6 Å². The number of H-pyrrole nitrogens is 1. The molecule has 0 bridgehead atoms. The van der Waals surface area contributed by atoms with Crippen LogP contribution in [0.3, 0.4) is 0 Å². The largest absolute Gasteiger partial charge is 0.356 e. The number of benzene rings is 2. The lowest BCUT2D eigenvalue weighted by atomic mass is 9.94. The van der Waals surface area contributed by atoms with Gasteiger partial charge in [-0.3, -0.25) is 9.69 Å². The first-order valence-electron chi connectivity index (χ1n) is 12.2. The smallest absolute Gasteiger partial charge is 0.224 e. The zero-order valence-corrected chi connectivity index (χ0v) is 20.0. The normalized spacial score (nSPS) is 20.1. The van der Waals surface area contributed by atoms with Crippen LogP contribution in [0.15, 0.2) is 42.5 Å². The van der Waals surface area contributed by atoms with Crippen molar-refractivity contribution in [1.29, 1.82) is 0 Å². The third kappa shape index (κ3) is 5.36. The van der Waals surface area contributed by atoms with Crippen molar-refractivity contribution in [1.82, 2.24) is 20.2 Å². The van der Waals surface area contributed by atoms with E-state index in [-0.39, 0.29) is 17.6 Å². The minimum atomic E-state index is -0.134. The van der Waals surface area contributed by atoms with Gasteiger partial charge in [0.1, 0.15) is 5.82 Å². The van der Waals surface area contributed by atoms with Gasteiger partial charge in [0.05, 0.1) is 17.0 Å². The number of hydrogen-bond acceptors (Lipinski definition) is 4. The molecule has 0 spiro atoms. The standard InChI is InChI=1S/C26H31ClFN5O/c27-21-7-8-23-24(14-21)31-26(30-23)33-11-3-5-20(17-33)25(34)29-15-18-9-12-32(13-10-18)16-19-4-1-2-6-22(19)28/h1-2,4,6-8,14,18,20H,3,5,9-13,15-17H2,(H,29,34)(H,30,31)/t20-/m0/s1. The van der Waals surface area contributed by atoms with Crippen LogP contribution >= 0.6 is 11.6 Å². The number of hydrogen-bond donors (Lipinski definition) is 2. The molecule has 0 saturated carbocycles. The van der Waals surface area contributed by atoms with E-state index in [1.54, 1.807) is 6.07 Å². The summed E-state index contributed by atoms with van der Waals surface area (Å²) in [5.41, 5.74) is 2.55. The molecule has 2 aliphatic rings. The molecule has 0 unspecified atom stereocenters. The van der Waals surface area contributed by atoms with E-state index in [0.717, 1.165) is 67.9 Å². The first-order valence-corrected chi connectivity index (χ1v) is 12.6. The summed E-state index contributed by atoms with van der Waals surface area (Å²) in [6.07, 6.45) is 3.90. The van der Waals surface area contributed by atoms with E-state index in [2.05, 4.69) is 25.1 Å². The van der Waals surface area contributed by atoms with E-state index >= 15 is 0 Å². The summed E-state index contributed by atoms with van der Waals surface area (Å²) in [6, 6.07) is 12.6. The van der Waals surface area contributed by atoms with Gasteiger partial charge in [-0.25, -0.2) is 9.37 Å². The Hall–Kier alpha value is -2.64. The number of piperidine rings is 2. The molecule has 3 aromatic rings. The number of rotatable bonds is 6. The van der Waals surface area contributed by atoms with Crippen LogP contribution in [-0.2, 0) is 11.3 Å². The second-order valence-corrected chi connectivity index (χ2v) is 10.00. The molecular formula is C26H31ClFN5O. The number of halogens is 2. The molecule has 2 aliphatic heterocycles. The third-order valence-electron chi connectivity index (χ3n) is 7.15. The quantitative estimate of drug-likeness (QED) is 0.538. The highest BCUT2D eigenvalue weighted by Gasteiger charge is 2.28. The molecule has 1 atom stereocenters. The molecule has 1 aromatic heterocycles. The Morgan fingerprint density at radius 2 is 1.97 bits per heavy atom. The maximum Gasteiger partial charge on any atom is 0.224 e. The fraction of sp³-hybridized carbons (Fsp3) is 0.462. The van der Waals surface area contributed by atoms with Gasteiger partial charge < -0.3 is 15.2 Å². The Balaban J connectivity index is 1.09. The summed E-state index contributed by atoms with van der Waals surface area (Å²) in [5, 5.41) is 3.89. The van der Waals surface area contributed by atoms with Gasteiger partial charge in [-0.2, -0.15) is 0 Å². The number of amides is 1. The van der Waals surface area contributed by atoms with Gasteiger partial charge in [0, 0.05) is 36.8 Å². The number of nitrogens with one attached hydrogen (secondary N) is 2. The molecule has 2 fully saturated rings. The van der Waals surface area contributed by atoms with E-state index < -0.39 is 0 Å². The molecular weight excluding hydrogens is 453 g/mol. The molecule has 0 aliphatic carbocycles. The SMILES string of the molecule is O=C(NCC1CCN(Cc2ccccc2F)CC1)[C@H]1CCCN(c2nc3ccc(Cl)cc3[nH]2)C1. The highest BCUT2D eigenvalue weighted by Crippen LogP contribution is 2.26. The number of aromatic amines is 1.